The minimum atomic E-state index is -0.796. The summed E-state index contributed by atoms with van der Waals surface area (Å²) >= 11 is 0. The fourth-order valence-corrected chi connectivity index (χ4v) is 3.93. The fraction of sp³-hybridized carbons (Fsp3) is 0.423. The Kier molecular flexibility index (Phi) is 8.39. The van der Waals surface area contributed by atoms with Gasteiger partial charge in [-0.1, -0.05) is 31.5 Å². The number of carboxylic acids is 1. The molecule has 2 aromatic carbocycles. The normalized spacial score (nSPS) is 15.4. The molecule has 0 aromatic heterocycles. The van der Waals surface area contributed by atoms with E-state index in [1.54, 1.807) is 13.4 Å². The number of benzene rings is 2. The minimum Gasteiger partial charge on any atom is -0.497 e. The van der Waals surface area contributed by atoms with Gasteiger partial charge in [-0.05, 0) is 68.4 Å². The number of aryl methyl sites for hydroxylation is 1. The zero-order valence-electron chi connectivity index (χ0n) is 18.4. The van der Waals surface area contributed by atoms with Gasteiger partial charge in [-0.2, -0.15) is 0 Å². The maximum atomic E-state index is 11.6. The maximum Gasteiger partial charge on any atom is 0.311 e. The van der Waals surface area contributed by atoms with E-state index in [1.807, 2.05) is 30.3 Å². The molecule has 2 aromatic rings. The third-order valence-corrected chi connectivity index (χ3v) is 5.61. The van der Waals surface area contributed by atoms with Crippen molar-refractivity contribution in [3.05, 3.63) is 65.4 Å². The number of hydrogen-bond donors (Lipinski definition) is 1. The maximum absolute atomic E-state index is 11.6. The number of methoxy groups -OCH3 is 1. The van der Waals surface area contributed by atoms with Crippen LogP contribution in [-0.2, 0) is 17.6 Å². The number of rotatable bonds is 11. The van der Waals surface area contributed by atoms with Crippen molar-refractivity contribution in [2.75, 3.05) is 13.7 Å². The molecule has 0 amide bonds. The summed E-state index contributed by atoms with van der Waals surface area (Å²) in [6, 6.07) is 11.9. The van der Waals surface area contributed by atoms with Gasteiger partial charge in [0.1, 0.15) is 17.2 Å². The summed E-state index contributed by atoms with van der Waals surface area (Å²) in [6.45, 7) is 2.52. The zero-order chi connectivity index (χ0) is 22.1. The summed E-state index contributed by atoms with van der Waals surface area (Å²) in [7, 11) is 1.68. The molecule has 1 heterocycles. The molecule has 5 nitrogen and oxygen atoms in total. The Morgan fingerprint density at radius 2 is 1.97 bits per heavy atom. The van der Waals surface area contributed by atoms with Gasteiger partial charge in [-0.25, -0.2) is 0 Å². The van der Waals surface area contributed by atoms with Crippen LogP contribution in [-0.4, -0.2) is 24.8 Å². The van der Waals surface area contributed by atoms with Crippen LogP contribution in [0.4, 0.5) is 0 Å². The number of allylic oxidation sites excluding steroid dienone is 1. The van der Waals surface area contributed by atoms with Crippen molar-refractivity contribution in [3.8, 4) is 17.2 Å². The van der Waals surface area contributed by atoms with E-state index in [2.05, 4.69) is 19.1 Å². The van der Waals surface area contributed by atoms with Crippen LogP contribution < -0.4 is 14.2 Å². The van der Waals surface area contributed by atoms with Crippen LogP contribution in [0.25, 0.3) is 0 Å². The molecule has 0 aliphatic carbocycles. The van der Waals surface area contributed by atoms with E-state index < -0.39 is 11.9 Å². The number of unbranched alkanes of at least 4 members (excludes halogenated alkanes) is 2. The van der Waals surface area contributed by atoms with Gasteiger partial charge in [0.25, 0.3) is 0 Å². The van der Waals surface area contributed by atoms with Gasteiger partial charge < -0.3 is 19.3 Å². The lowest BCUT2D eigenvalue weighted by atomic mass is 9.90. The summed E-state index contributed by atoms with van der Waals surface area (Å²) in [5, 5.41) is 9.51. The molecule has 5 heteroatoms. The number of carbonyl (C=O) groups is 1. The first-order valence-corrected chi connectivity index (χ1v) is 11.1. The van der Waals surface area contributed by atoms with Crippen LogP contribution in [0.2, 0.25) is 0 Å². The summed E-state index contributed by atoms with van der Waals surface area (Å²) < 4.78 is 17.0. The molecular weight excluding hydrogens is 392 g/mol. The average molecular weight is 425 g/mol. The van der Waals surface area contributed by atoms with Gasteiger partial charge in [0.05, 0.1) is 25.9 Å². The number of ether oxygens (including phenoxy) is 3. The smallest absolute Gasteiger partial charge is 0.311 e. The van der Waals surface area contributed by atoms with Crippen LogP contribution in [0.15, 0.2) is 48.7 Å². The van der Waals surface area contributed by atoms with Gasteiger partial charge in [-0.3, -0.25) is 4.79 Å². The first-order valence-electron chi connectivity index (χ1n) is 11.1. The van der Waals surface area contributed by atoms with Gasteiger partial charge in [-0.15, -0.1) is 0 Å². The third-order valence-electron chi connectivity index (χ3n) is 5.61. The predicted molar refractivity (Wildman–Crippen MR) is 121 cm³/mol. The van der Waals surface area contributed by atoms with Crippen molar-refractivity contribution < 1.29 is 24.1 Å². The van der Waals surface area contributed by atoms with E-state index in [0.717, 1.165) is 61.2 Å². The molecule has 3 rings (SSSR count). The van der Waals surface area contributed by atoms with Crippen LogP contribution >= 0.6 is 0 Å². The summed E-state index contributed by atoms with van der Waals surface area (Å²) in [5.41, 5.74) is 3.05. The molecule has 0 bridgehead atoms. The molecule has 1 aliphatic rings. The Hall–Kier alpha value is -2.95. The van der Waals surface area contributed by atoms with Crippen molar-refractivity contribution in [2.45, 2.75) is 57.8 Å². The highest BCUT2D eigenvalue weighted by Crippen LogP contribution is 2.41. The lowest BCUT2D eigenvalue weighted by Crippen LogP contribution is -2.22. The third kappa shape index (κ3) is 6.03. The van der Waals surface area contributed by atoms with E-state index >= 15 is 0 Å². The second-order valence-corrected chi connectivity index (χ2v) is 7.82. The Labute approximate surface area is 184 Å². The highest BCUT2D eigenvalue weighted by Gasteiger charge is 2.30. The van der Waals surface area contributed by atoms with Crippen LogP contribution in [0.5, 0.6) is 17.2 Å². The first kappa shape index (κ1) is 22.7. The first-order chi connectivity index (χ1) is 15.1. The van der Waals surface area contributed by atoms with E-state index in [-0.39, 0.29) is 0 Å². The zero-order valence-corrected chi connectivity index (χ0v) is 18.4. The summed E-state index contributed by atoms with van der Waals surface area (Å²) in [6.07, 6.45) is 10.2. The lowest BCUT2D eigenvalue weighted by Gasteiger charge is -2.26. The molecule has 0 saturated heterocycles. The van der Waals surface area contributed by atoms with E-state index in [0.29, 0.717) is 18.8 Å². The van der Waals surface area contributed by atoms with Gasteiger partial charge in [0.15, 0.2) is 0 Å². The summed E-state index contributed by atoms with van der Waals surface area (Å²) in [4.78, 5) is 11.6. The lowest BCUT2D eigenvalue weighted by molar-refractivity contribution is -0.139. The fourth-order valence-electron chi connectivity index (χ4n) is 3.93. The quantitative estimate of drug-likeness (QED) is 0.359. The van der Waals surface area contributed by atoms with E-state index in [9.17, 15) is 9.90 Å². The van der Waals surface area contributed by atoms with E-state index in [4.69, 9.17) is 14.2 Å². The largest absolute Gasteiger partial charge is 0.497 e. The standard InChI is InChI=1S/C26H32O5/c1-3-8-23-24(15-14-21-22(26(27)28)16-18-31-25(21)23)30-17-7-5-4-6-9-19-10-12-20(29-2)13-11-19/h7,10-15,17,22H,3-6,8-9,16,18H2,1-2H3,(H,27,28). The second kappa shape index (κ2) is 11.4. The summed E-state index contributed by atoms with van der Waals surface area (Å²) in [5.74, 6) is 1.04. The molecule has 166 valence electrons. The topological polar surface area (TPSA) is 65.0 Å². The van der Waals surface area contributed by atoms with Crippen molar-refractivity contribution >= 4 is 5.97 Å². The molecule has 0 saturated carbocycles. The molecule has 0 fully saturated rings. The van der Waals surface area contributed by atoms with Crippen LogP contribution in [0.3, 0.4) is 0 Å². The molecule has 1 unspecified atom stereocenters. The molecule has 31 heavy (non-hydrogen) atoms. The monoisotopic (exact) mass is 424 g/mol. The molecule has 1 aliphatic heterocycles. The number of fused-ring (bicyclic) bond motifs is 1. The van der Waals surface area contributed by atoms with Gasteiger partial charge in [0, 0.05) is 11.1 Å². The minimum absolute atomic E-state index is 0.425. The Morgan fingerprint density at radius 1 is 1.16 bits per heavy atom. The van der Waals surface area contributed by atoms with Crippen molar-refractivity contribution in [2.24, 2.45) is 0 Å². The molecule has 1 N–H and O–H groups in total. The van der Waals surface area contributed by atoms with E-state index in [1.165, 1.54) is 5.56 Å². The Morgan fingerprint density at radius 3 is 2.68 bits per heavy atom. The number of carboxylic acid groups (broad SMARTS) is 1. The molecular formula is C26H32O5. The average Bonchev–Trinajstić information content (AvgIpc) is 2.79. The highest BCUT2D eigenvalue weighted by atomic mass is 16.5. The highest BCUT2D eigenvalue weighted by molar-refractivity contribution is 5.78. The van der Waals surface area contributed by atoms with Crippen LogP contribution in [0.1, 0.15) is 61.6 Å². The van der Waals surface area contributed by atoms with Gasteiger partial charge in [0.2, 0.25) is 0 Å². The SMILES string of the molecule is CCCc1c(OC=CCCCCc2ccc(OC)cc2)ccc2c1OCCC2C(=O)O. The van der Waals surface area contributed by atoms with Crippen molar-refractivity contribution in [1.82, 2.24) is 0 Å². The molecule has 0 spiro atoms. The van der Waals surface area contributed by atoms with Crippen molar-refractivity contribution in [1.29, 1.82) is 0 Å². The number of hydrogen-bond acceptors (Lipinski definition) is 4. The Bertz CT molecular complexity index is 885. The van der Waals surface area contributed by atoms with Gasteiger partial charge >= 0.3 is 5.97 Å². The van der Waals surface area contributed by atoms with Crippen molar-refractivity contribution in [3.63, 3.8) is 0 Å². The number of aliphatic carboxylic acids is 1. The Balaban J connectivity index is 1.53. The second-order valence-electron chi connectivity index (χ2n) is 7.82. The molecule has 0 radical (unpaired) electrons. The molecule has 1 atom stereocenters. The predicted octanol–water partition coefficient (Wildman–Crippen LogP) is 5.90. The van der Waals surface area contributed by atoms with Crippen LogP contribution in [0, 0.1) is 0 Å².